The highest BCUT2D eigenvalue weighted by Crippen LogP contribution is 2.21. The minimum atomic E-state index is 0. The number of carbonyl (C=O) groups excluding carboxylic acids is 1. The first-order chi connectivity index (χ1) is 12.6. The van der Waals surface area contributed by atoms with Crippen LogP contribution in [0.25, 0.3) is 0 Å². The normalized spacial score (nSPS) is 11.1. The molecule has 0 aliphatic rings. The highest BCUT2D eigenvalue weighted by Gasteiger charge is 2.23. The lowest BCUT2D eigenvalue weighted by atomic mass is 10.0. The van der Waals surface area contributed by atoms with Crippen LogP contribution in [0, 0.1) is 0 Å². The van der Waals surface area contributed by atoms with Crippen molar-refractivity contribution in [3.63, 3.8) is 0 Å². The molecule has 0 saturated carbocycles. The Morgan fingerprint density at radius 2 is 1.44 bits per heavy atom. The molecule has 6 heteroatoms. The summed E-state index contributed by atoms with van der Waals surface area (Å²) in [6.45, 7) is 5.49. The molecule has 0 spiro atoms. The number of rotatable bonds is 11. The van der Waals surface area contributed by atoms with E-state index in [-0.39, 0.29) is 43.0 Å². The molecule has 27 heavy (non-hydrogen) atoms. The lowest BCUT2D eigenvalue weighted by molar-refractivity contribution is -0.924. The molecule has 0 fully saturated rings. The van der Waals surface area contributed by atoms with Crippen molar-refractivity contribution in [1.29, 1.82) is 0 Å². The van der Waals surface area contributed by atoms with Gasteiger partial charge in [0.15, 0.2) is 5.78 Å². The van der Waals surface area contributed by atoms with Crippen molar-refractivity contribution in [1.82, 2.24) is 0 Å². The predicted molar refractivity (Wildman–Crippen MR) is 107 cm³/mol. The maximum absolute atomic E-state index is 12.4. The van der Waals surface area contributed by atoms with Gasteiger partial charge in [-0.2, -0.15) is 0 Å². The minimum Gasteiger partial charge on any atom is -1.00 e. The summed E-state index contributed by atoms with van der Waals surface area (Å²) in [5, 5.41) is 18.6. The maximum Gasteiger partial charge on any atom is 0.193 e. The number of aliphatic hydroxyl groups excluding tert-OH is 2. The Morgan fingerprint density at radius 1 is 0.889 bits per heavy atom. The third kappa shape index (κ3) is 7.19. The summed E-state index contributed by atoms with van der Waals surface area (Å²) in [7, 11) is 0. The van der Waals surface area contributed by atoms with Crippen molar-refractivity contribution >= 4 is 17.5 Å². The number of likely N-dealkylation sites (N-methyl/N-ethyl adjacent to an activating group) is 1. The first kappa shape index (κ1) is 24.1. The van der Waals surface area contributed by atoms with Gasteiger partial charge < -0.3 is 38.7 Å². The number of nitrogens with zero attached hydrogens (tertiary/aromatic N) is 1. The molecular formula is C21H28INO3S. The first-order valence-electron chi connectivity index (χ1n) is 9.03. The average Bonchev–Trinajstić information content (AvgIpc) is 2.69. The fourth-order valence-corrected chi connectivity index (χ4v) is 4.09. The molecule has 0 aliphatic carbocycles. The molecule has 2 rings (SSSR count). The number of benzene rings is 2. The van der Waals surface area contributed by atoms with Crippen LogP contribution < -0.4 is 24.0 Å². The van der Waals surface area contributed by atoms with E-state index in [4.69, 9.17) is 0 Å². The van der Waals surface area contributed by atoms with Gasteiger partial charge in [0.25, 0.3) is 0 Å². The second kappa shape index (κ2) is 12.5. The Morgan fingerprint density at radius 3 is 1.96 bits per heavy atom. The number of ketones is 1. The van der Waals surface area contributed by atoms with Crippen LogP contribution in [0.3, 0.4) is 0 Å². The Hall–Kier alpha value is -0.930. The number of thioether (sulfide) groups is 1. The molecule has 0 heterocycles. The summed E-state index contributed by atoms with van der Waals surface area (Å²) in [6, 6.07) is 17.0. The van der Waals surface area contributed by atoms with E-state index in [1.807, 2.05) is 54.6 Å². The van der Waals surface area contributed by atoms with Crippen molar-refractivity contribution in [3.8, 4) is 0 Å². The number of quaternary nitrogens is 1. The van der Waals surface area contributed by atoms with Crippen LogP contribution >= 0.6 is 11.8 Å². The second-order valence-corrected chi connectivity index (χ2v) is 7.51. The van der Waals surface area contributed by atoms with E-state index in [1.54, 1.807) is 11.8 Å². The molecule has 2 aromatic carbocycles. The predicted octanol–water partition coefficient (Wildman–Crippen LogP) is -0.165. The minimum absolute atomic E-state index is 0. The van der Waals surface area contributed by atoms with Crippen molar-refractivity contribution < 1.29 is 43.5 Å². The summed E-state index contributed by atoms with van der Waals surface area (Å²) in [6.07, 6.45) is 0. The van der Waals surface area contributed by atoms with E-state index in [0.29, 0.717) is 24.2 Å². The second-order valence-electron chi connectivity index (χ2n) is 6.34. The summed E-state index contributed by atoms with van der Waals surface area (Å²) in [5.41, 5.74) is 1.39. The van der Waals surface area contributed by atoms with Gasteiger partial charge in [-0.25, -0.2) is 0 Å². The van der Waals surface area contributed by atoms with Crippen molar-refractivity contribution in [2.75, 3.05) is 45.1 Å². The van der Waals surface area contributed by atoms with Crippen LogP contribution in [0.1, 0.15) is 22.8 Å². The molecule has 2 aromatic rings. The van der Waals surface area contributed by atoms with Gasteiger partial charge in [0.2, 0.25) is 0 Å². The molecule has 4 nitrogen and oxygen atoms in total. The third-order valence-electron chi connectivity index (χ3n) is 4.81. The summed E-state index contributed by atoms with van der Waals surface area (Å²) in [5.74, 6) is 0.939. The van der Waals surface area contributed by atoms with E-state index >= 15 is 0 Å². The quantitative estimate of drug-likeness (QED) is 0.195. The Labute approximate surface area is 183 Å². The number of hydrogen-bond donors (Lipinski definition) is 2. The molecule has 0 saturated heterocycles. The van der Waals surface area contributed by atoms with Gasteiger partial charge in [0.1, 0.15) is 13.1 Å². The average molecular weight is 501 g/mol. The van der Waals surface area contributed by atoms with Gasteiger partial charge in [-0.3, -0.25) is 4.79 Å². The van der Waals surface area contributed by atoms with E-state index in [9.17, 15) is 15.0 Å². The Balaban J connectivity index is 0.00000364. The molecule has 148 valence electrons. The van der Waals surface area contributed by atoms with Crippen LogP contribution in [-0.2, 0) is 0 Å². The van der Waals surface area contributed by atoms with Crippen LogP contribution in [0.5, 0.6) is 0 Å². The smallest absolute Gasteiger partial charge is 0.193 e. The van der Waals surface area contributed by atoms with E-state index < -0.39 is 0 Å². The molecule has 0 bridgehead atoms. The molecule has 0 atom stereocenters. The van der Waals surface area contributed by atoms with Gasteiger partial charge in [-0.05, 0) is 31.2 Å². The van der Waals surface area contributed by atoms with Crippen molar-refractivity contribution in [3.05, 3.63) is 65.7 Å². The van der Waals surface area contributed by atoms with E-state index in [1.165, 1.54) is 0 Å². The Bertz CT molecular complexity index is 674. The van der Waals surface area contributed by atoms with E-state index in [0.717, 1.165) is 28.2 Å². The third-order valence-corrected chi connectivity index (χ3v) is 5.80. The summed E-state index contributed by atoms with van der Waals surface area (Å²) < 4.78 is 0.727. The highest BCUT2D eigenvalue weighted by molar-refractivity contribution is 7.99. The molecule has 0 aliphatic heterocycles. The lowest BCUT2D eigenvalue weighted by Gasteiger charge is -2.36. The zero-order chi connectivity index (χ0) is 18.8. The topological polar surface area (TPSA) is 57.5 Å². The molecule has 0 amide bonds. The number of carbonyl (C=O) groups is 1. The number of aliphatic hydroxyl groups is 2. The van der Waals surface area contributed by atoms with Crippen LogP contribution in [0.4, 0.5) is 0 Å². The highest BCUT2D eigenvalue weighted by atomic mass is 127. The van der Waals surface area contributed by atoms with Gasteiger partial charge in [0, 0.05) is 21.8 Å². The fraction of sp³-hybridized carbons (Fsp3) is 0.381. The summed E-state index contributed by atoms with van der Waals surface area (Å²) in [4.78, 5) is 13.6. The molecular weight excluding hydrogens is 473 g/mol. The van der Waals surface area contributed by atoms with Gasteiger partial charge in [-0.15, -0.1) is 11.8 Å². The molecule has 0 radical (unpaired) electrons. The largest absolute Gasteiger partial charge is 1.00 e. The summed E-state index contributed by atoms with van der Waals surface area (Å²) >= 11 is 1.74. The molecule has 0 aromatic heterocycles. The Kier molecular flexibility index (Phi) is 11.2. The monoisotopic (exact) mass is 501 g/mol. The van der Waals surface area contributed by atoms with Gasteiger partial charge in [0.05, 0.1) is 26.3 Å². The standard InChI is InChI=1S/C21H28NO3S.HI/c1-2-22(12-15-23,13-16-24)14-17-26-20-10-8-19(9-11-20)21(25)18-6-4-3-5-7-18;/h3-11,23-24H,2,12-17H2,1H3;1H/q+1;/p-1. The number of halogens is 1. The fourth-order valence-electron chi connectivity index (χ4n) is 3.05. The zero-order valence-corrected chi connectivity index (χ0v) is 18.7. The first-order valence-corrected chi connectivity index (χ1v) is 10.0. The van der Waals surface area contributed by atoms with Crippen molar-refractivity contribution in [2.24, 2.45) is 0 Å². The van der Waals surface area contributed by atoms with E-state index in [2.05, 4.69) is 6.92 Å². The number of hydrogen-bond acceptors (Lipinski definition) is 4. The van der Waals surface area contributed by atoms with Gasteiger partial charge in [-0.1, -0.05) is 30.3 Å². The van der Waals surface area contributed by atoms with Crippen LogP contribution in [-0.4, -0.2) is 65.6 Å². The zero-order valence-electron chi connectivity index (χ0n) is 15.7. The molecule has 2 N–H and O–H groups in total. The van der Waals surface area contributed by atoms with Crippen LogP contribution in [0.2, 0.25) is 0 Å². The van der Waals surface area contributed by atoms with Crippen molar-refractivity contribution in [2.45, 2.75) is 11.8 Å². The van der Waals surface area contributed by atoms with Gasteiger partial charge >= 0.3 is 0 Å². The lowest BCUT2D eigenvalue weighted by Crippen LogP contribution is -3.00. The maximum atomic E-state index is 12.4. The van der Waals surface area contributed by atoms with Crippen LogP contribution in [0.15, 0.2) is 59.5 Å². The molecule has 0 unspecified atom stereocenters. The SMILES string of the molecule is CC[N+](CCO)(CCO)CCSc1ccc(C(=O)c2ccccc2)cc1.[I-].